The van der Waals surface area contributed by atoms with Crippen molar-refractivity contribution in [1.82, 2.24) is 0 Å². The van der Waals surface area contributed by atoms with E-state index >= 15 is 0 Å². The zero-order valence-corrected chi connectivity index (χ0v) is 38.2. The van der Waals surface area contributed by atoms with Gasteiger partial charge in [0, 0.05) is 19.4 Å². The third kappa shape index (κ3) is 43.5. The predicted molar refractivity (Wildman–Crippen MR) is 243 cm³/mol. The van der Waals surface area contributed by atoms with Gasteiger partial charge < -0.3 is 20.1 Å². The molecule has 338 valence electrons. The molecule has 2 unspecified atom stereocenters. The number of nitrogens with two attached hydrogens (primary N) is 1. The first-order valence-corrected chi connectivity index (χ1v) is 25.1. The van der Waals surface area contributed by atoms with E-state index in [0.717, 1.165) is 77.0 Å². The molecule has 0 spiro atoms. The topological polar surface area (TPSA) is 134 Å². The van der Waals surface area contributed by atoms with Gasteiger partial charge >= 0.3 is 19.8 Å². The molecule has 0 aliphatic heterocycles. The smallest absolute Gasteiger partial charge is 0.462 e. The van der Waals surface area contributed by atoms with E-state index in [-0.39, 0.29) is 32.6 Å². The highest BCUT2D eigenvalue weighted by Gasteiger charge is 2.26. The van der Waals surface area contributed by atoms with Gasteiger partial charge in [0.25, 0.3) is 0 Å². The van der Waals surface area contributed by atoms with Crippen LogP contribution in [-0.2, 0) is 32.7 Å². The number of hydrogen-bond donors (Lipinski definition) is 2. The second-order valence-electron chi connectivity index (χ2n) is 15.6. The zero-order valence-electron chi connectivity index (χ0n) is 37.3. The Morgan fingerprint density at radius 2 is 0.931 bits per heavy atom. The third-order valence-electron chi connectivity index (χ3n) is 9.92. The Labute approximate surface area is 356 Å². The number of ether oxygens (including phenoxy) is 2. The summed E-state index contributed by atoms with van der Waals surface area (Å²) >= 11 is 0. The molecule has 0 aromatic carbocycles. The number of phosphoric ester groups is 1. The molecular weight excluding hydrogens is 750 g/mol. The molecule has 0 aliphatic carbocycles. The third-order valence-corrected chi connectivity index (χ3v) is 10.9. The van der Waals surface area contributed by atoms with Gasteiger partial charge in [-0.15, -0.1) is 0 Å². The number of unbranched alkanes of at least 4 members (excludes halogenated alkanes) is 23. The number of esters is 2. The second-order valence-corrected chi connectivity index (χ2v) is 17.1. The summed E-state index contributed by atoms with van der Waals surface area (Å²) in [6, 6.07) is 0. The van der Waals surface area contributed by atoms with Crippen molar-refractivity contribution in [2.24, 2.45) is 5.73 Å². The molecule has 0 saturated heterocycles. The lowest BCUT2D eigenvalue weighted by Gasteiger charge is -2.19. The highest BCUT2D eigenvalue weighted by molar-refractivity contribution is 7.47. The molecule has 10 heteroatoms. The second kappa shape index (κ2) is 44.5. The molecule has 0 rings (SSSR count). The van der Waals surface area contributed by atoms with Crippen LogP contribution < -0.4 is 5.73 Å². The summed E-state index contributed by atoms with van der Waals surface area (Å²) in [5.41, 5.74) is 5.35. The summed E-state index contributed by atoms with van der Waals surface area (Å²) in [6.07, 6.45) is 51.6. The Morgan fingerprint density at radius 3 is 1.41 bits per heavy atom. The van der Waals surface area contributed by atoms with Crippen LogP contribution in [0.3, 0.4) is 0 Å². The summed E-state index contributed by atoms with van der Waals surface area (Å²) in [4.78, 5) is 34.8. The normalized spacial score (nSPS) is 13.7. The van der Waals surface area contributed by atoms with Crippen LogP contribution in [0.4, 0.5) is 0 Å². The van der Waals surface area contributed by atoms with E-state index in [0.29, 0.717) is 6.42 Å². The predicted octanol–water partition coefficient (Wildman–Crippen LogP) is 13.9. The summed E-state index contributed by atoms with van der Waals surface area (Å²) in [6.45, 7) is 3.65. The van der Waals surface area contributed by atoms with Crippen LogP contribution in [0.5, 0.6) is 0 Å². The lowest BCUT2D eigenvalue weighted by molar-refractivity contribution is -0.161. The van der Waals surface area contributed by atoms with Crippen LogP contribution in [0, 0.1) is 0 Å². The number of allylic oxidation sites excluding steroid dienone is 8. The van der Waals surface area contributed by atoms with Crippen LogP contribution in [0.25, 0.3) is 0 Å². The molecule has 3 N–H and O–H groups in total. The molecule has 0 aliphatic rings. The van der Waals surface area contributed by atoms with Gasteiger partial charge in [-0.1, -0.05) is 178 Å². The fourth-order valence-corrected chi connectivity index (χ4v) is 7.17. The van der Waals surface area contributed by atoms with Crippen molar-refractivity contribution in [2.45, 2.75) is 219 Å². The lowest BCUT2D eigenvalue weighted by atomic mass is 10.0. The van der Waals surface area contributed by atoms with Gasteiger partial charge in [-0.2, -0.15) is 0 Å². The molecule has 0 heterocycles. The molecule has 0 saturated carbocycles. The molecule has 9 nitrogen and oxygen atoms in total. The maximum absolute atomic E-state index is 12.6. The van der Waals surface area contributed by atoms with Crippen LogP contribution >= 0.6 is 7.82 Å². The van der Waals surface area contributed by atoms with Gasteiger partial charge in [-0.05, 0) is 70.6 Å². The lowest BCUT2D eigenvalue weighted by Crippen LogP contribution is -2.29. The van der Waals surface area contributed by atoms with Crippen molar-refractivity contribution in [2.75, 3.05) is 26.4 Å². The van der Waals surface area contributed by atoms with E-state index in [2.05, 4.69) is 62.5 Å². The highest BCUT2D eigenvalue weighted by atomic mass is 31.2. The maximum atomic E-state index is 12.6. The fourth-order valence-electron chi connectivity index (χ4n) is 6.41. The van der Waals surface area contributed by atoms with E-state index in [1.165, 1.54) is 103 Å². The average molecular weight is 838 g/mol. The van der Waals surface area contributed by atoms with Gasteiger partial charge in [0.1, 0.15) is 6.61 Å². The standard InChI is InChI=1S/C48H88NO8P/c1-3-5-7-9-11-13-15-16-17-18-19-20-21-22-23-24-25-26-27-28-29-30-31-33-35-37-39-41-48(51)57-46(45-56-58(52,53)55-43-42-49)44-54-47(50)40-38-36-34-32-14-12-10-8-6-4-2/h8,10,15-16,18-19,21-22,46H,3-7,9,11-14,17,20,23-45,49H2,1-2H3,(H,52,53)/b10-8-,16-15-,19-18-,22-21-. The van der Waals surface area contributed by atoms with Crippen molar-refractivity contribution in [3.05, 3.63) is 48.6 Å². The minimum Gasteiger partial charge on any atom is -0.462 e. The number of rotatable bonds is 44. The van der Waals surface area contributed by atoms with Crippen LogP contribution in [0.2, 0.25) is 0 Å². The average Bonchev–Trinajstić information content (AvgIpc) is 3.21. The number of carbonyl (C=O) groups is 2. The number of phosphoric acid groups is 1. The van der Waals surface area contributed by atoms with Crippen LogP contribution in [-0.4, -0.2) is 49.3 Å². The monoisotopic (exact) mass is 838 g/mol. The SMILES string of the molecule is CCC/C=C\CCCCCCCC(=O)OCC(COP(=O)(O)OCCN)OC(=O)CCCCCCCCCCCCCC/C=C\C/C=C\C/C=C\CCCCCCC. The Kier molecular flexibility index (Phi) is 43.0. The van der Waals surface area contributed by atoms with E-state index < -0.39 is 32.5 Å². The van der Waals surface area contributed by atoms with Crippen LogP contribution in [0.1, 0.15) is 213 Å². The van der Waals surface area contributed by atoms with Crippen molar-refractivity contribution < 1.29 is 37.6 Å². The number of hydrogen-bond acceptors (Lipinski definition) is 8. The molecule has 0 amide bonds. The van der Waals surface area contributed by atoms with Crippen molar-refractivity contribution in [3.63, 3.8) is 0 Å². The quantitative estimate of drug-likeness (QED) is 0.0266. The first-order valence-electron chi connectivity index (χ1n) is 23.6. The van der Waals surface area contributed by atoms with E-state index in [9.17, 15) is 19.0 Å². The largest absolute Gasteiger partial charge is 0.472 e. The minimum absolute atomic E-state index is 0.0511. The van der Waals surface area contributed by atoms with E-state index in [1.54, 1.807) is 0 Å². The first-order chi connectivity index (χ1) is 28.3. The highest BCUT2D eigenvalue weighted by Crippen LogP contribution is 2.43. The summed E-state index contributed by atoms with van der Waals surface area (Å²) < 4.78 is 32.8. The van der Waals surface area contributed by atoms with Crippen LogP contribution in [0.15, 0.2) is 48.6 Å². The zero-order chi connectivity index (χ0) is 42.5. The Morgan fingerprint density at radius 1 is 0.517 bits per heavy atom. The van der Waals surface area contributed by atoms with Crippen molar-refractivity contribution >= 4 is 19.8 Å². The van der Waals surface area contributed by atoms with Crippen molar-refractivity contribution in [3.8, 4) is 0 Å². The molecule has 58 heavy (non-hydrogen) atoms. The van der Waals surface area contributed by atoms with Gasteiger partial charge in [-0.25, -0.2) is 4.57 Å². The molecule has 0 fully saturated rings. The van der Waals surface area contributed by atoms with Gasteiger partial charge in [0.15, 0.2) is 6.10 Å². The summed E-state index contributed by atoms with van der Waals surface area (Å²) in [5.74, 6) is -0.842. The molecule has 0 aromatic heterocycles. The van der Waals surface area contributed by atoms with E-state index in [1.807, 2.05) is 0 Å². The Hall–Kier alpha value is -2.03. The Balaban J connectivity index is 3.98. The van der Waals surface area contributed by atoms with Gasteiger partial charge in [0.05, 0.1) is 13.2 Å². The molecule has 0 aromatic rings. The Bertz CT molecular complexity index is 1090. The first kappa shape index (κ1) is 56.0. The molecule has 0 radical (unpaired) electrons. The molecular formula is C48H88NO8P. The number of carbonyl (C=O) groups excluding carboxylic acids is 2. The minimum atomic E-state index is -4.38. The van der Waals surface area contributed by atoms with Gasteiger partial charge in [0.2, 0.25) is 0 Å². The van der Waals surface area contributed by atoms with Gasteiger partial charge in [-0.3, -0.25) is 18.6 Å². The molecule has 2 atom stereocenters. The summed E-state index contributed by atoms with van der Waals surface area (Å²) in [7, 11) is -4.38. The summed E-state index contributed by atoms with van der Waals surface area (Å²) in [5, 5.41) is 0. The fraction of sp³-hybridized carbons (Fsp3) is 0.792. The maximum Gasteiger partial charge on any atom is 0.472 e. The molecule has 0 bridgehead atoms. The van der Waals surface area contributed by atoms with Crippen molar-refractivity contribution in [1.29, 1.82) is 0 Å². The van der Waals surface area contributed by atoms with E-state index in [4.69, 9.17) is 24.3 Å².